The molecule has 0 saturated carbocycles. The maximum Gasteiger partial charge on any atom is 0.323 e. The van der Waals surface area contributed by atoms with Crippen LogP contribution in [0.1, 0.15) is 41.0 Å². The summed E-state index contributed by atoms with van der Waals surface area (Å²) in [4.78, 5) is 24.0. The monoisotopic (exact) mass is 258 g/mol. The summed E-state index contributed by atoms with van der Waals surface area (Å²) < 4.78 is 0. The Morgan fingerprint density at radius 2 is 1.89 bits per heavy atom. The lowest BCUT2D eigenvalue weighted by Gasteiger charge is -2.27. The van der Waals surface area contributed by atoms with Crippen molar-refractivity contribution in [2.45, 2.75) is 41.0 Å². The lowest BCUT2D eigenvalue weighted by atomic mass is 9.90. The van der Waals surface area contributed by atoms with Crippen molar-refractivity contribution in [3.05, 3.63) is 0 Å². The molecule has 2 N–H and O–H groups in total. The van der Waals surface area contributed by atoms with E-state index in [1.165, 1.54) is 4.90 Å². The molecule has 0 bridgehead atoms. The quantitative estimate of drug-likeness (QED) is 0.735. The summed E-state index contributed by atoms with van der Waals surface area (Å²) in [5.41, 5.74) is 0.0301. The average molecular weight is 258 g/mol. The lowest BCUT2D eigenvalue weighted by Crippen LogP contribution is -2.46. The summed E-state index contributed by atoms with van der Waals surface area (Å²) in [7, 11) is 0. The number of nitrogens with zero attached hydrogens (tertiary/aromatic N) is 1. The number of urea groups is 1. The number of carboxylic acids is 1. The second-order valence-electron chi connectivity index (χ2n) is 5.84. The van der Waals surface area contributed by atoms with Crippen LogP contribution in [-0.2, 0) is 4.79 Å². The minimum Gasteiger partial charge on any atom is -0.480 e. The second kappa shape index (κ2) is 7.24. The molecule has 0 aromatic heterocycles. The summed E-state index contributed by atoms with van der Waals surface area (Å²) >= 11 is 0. The third-order valence-electron chi connectivity index (χ3n) is 2.87. The van der Waals surface area contributed by atoms with Gasteiger partial charge in [-0.3, -0.25) is 4.79 Å². The van der Waals surface area contributed by atoms with Crippen LogP contribution in [0.4, 0.5) is 4.79 Å². The van der Waals surface area contributed by atoms with E-state index in [0.717, 1.165) is 6.42 Å². The van der Waals surface area contributed by atoms with Gasteiger partial charge < -0.3 is 15.3 Å². The molecule has 0 rings (SSSR count). The molecule has 2 amide bonds. The van der Waals surface area contributed by atoms with E-state index in [9.17, 15) is 9.59 Å². The summed E-state index contributed by atoms with van der Waals surface area (Å²) in [6.07, 6.45) is 0.955. The molecule has 0 aliphatic carbocycles. The second-order valence-corrected chi connectivity index (χ2v) is 5.84. The number of amides is 2. The Labute approximate surface area is 110 Å². The van der Waals surface area contributed by atoms with Crippen molar-refractivity contribution in [2.75, 3.05) is 19.6 Å². The molecular weight excluding hydrogens is 232 g/mol. The van der Waals surface area contributed by atoms with E-state index in [-0.39, 0.29) is 23.9 Å². The molecule has 5 heteroatoms. The smallest absolute Gasteiger partial charge is 0.323 e. The number of hydrogen-bond acceptors (Lipinski definition) is 2. The molecule has 0 unspecified atom stereocenters. The zero-order valence-corrected chi connectivity index (χ0v) is 12.1. The molecule has 0 fully saturated rings. The molecule has 0 spiro atoms. The van der Waals surface area contributed by atoms with Crippen molar-refractivity contribution in [1.29, 1.82) is 0 Å². The number of carbonyl (C=O) groups excluding carboxylic acids is 1. The van der Waals surface area contributed by atoms with Crippen LogP contribution in [0.3, 0.4) is 0 Å². The van der Waals surface area contributed by atoms with E-state index >= 15 is 0 Å². The fraction of sp³-hybridized carbons (Fsp3) is 0.846. The highest BCUT2D eigenvalue weighted by atomic mass is 16.4. The summed E-state index contributed by atoms with van der Waals surface area (Å²) in [6.45, 7) is 10.9. The molecule has 0 aliphatic heterocycles. The van der Waals surface area contributed by atoms with Crippen LogP contribution in [-0.4, -0.2) is 41.6 Å². The first kappa shape index (κ1) is 16.7. The van der Waals surface area contributed by atoms with Gasteiger partial charge in [0, 0.05) is 13.1 Å². The van der Waals surface area contributed by atoms with Gasteiger partial charge in [0.2, 0.25) is 0 Å². The van der Waals surface area contributed by atoms with Crippen LogP contribution in [0.5, 0.6) is 0 Å². The largest absolute Gasteiger partial charge is 0.480 e. The van der Waals surface area contributed by atoms with Crippen molar-refractivity contribution in [3.63, 3.8) is 0 Å². The molecule has 0 radical (unpaired) electrons. The van der Waals surface area contributed by atoms with Crippen molar-refractivity contribution in [1.82, 2.24) is 10.2 Å². The Hall–Kier alpha value is -1.26. The Morgan fingerprint density at radius 1 is 1.33 bits per heavy atom. The normalized spacial score (nSPS) is 11.4. The molecule has 0 aliphatic rings. The topological polar surface area (TPSA) is 69.6 Å². The highest BCUT2D eigenvalue weighted by Crippen LogP contribution is 2.17. The van der Waals surface area contributed by atoms with Gasteiger partial charge in [-0.05, 0) is 17.8 Å². The van der Waals surface area contributed by atoms with Gasteiger partial charge in [-0.1, -0.05) is 34.6 Å². The molecule has 5 nitrogen and oxygen atoms in total. The van der Waals surface area contributed by atoms with Gasteiger partial charge in [-0.25, -0.2) is 4.79 Å². The predicted octanol–water partition coefficient (Wildman–Crippen LogP) is 2.17. The SMILES string of the molecule is CCC(C)(C)CNC(=O)N(CC(=O)O)CC(C)C. The van der Waals surface area contributed by atoms with Gasteiger partial charge in [0.05, 0.1) is 0 Å². The molecule has 0 aromatic rings. The van der Waals surface area contributed by atoms with E-state index in [0.29, 0.717) is 13.1 Å². The minimum atomic E-state index is -0.986. The maximum absolute atomic E-state index is 11.9. The first-order valence-electron chi connectivity index (χ1n) is 6.42. The highest BCUT2D eigenvalue weighted by molar-refractivity contribution is 5.80. The van der Waals surface area contributed by atoms with Gasteiger partial charge >= 0.3 is 12.0 Å². The predicted molar refractivity (Wildman–Crippen MR) is 71.5 cm³/mol. The average Bonchev–Trinajstić information content (AvgIpc) is 2.24. The van der Waals surface area contributed by atoms with Gasteiger partial charge in [0.1, 0.15) is 6.54 Å². The van der Waals surface area contributed by atoms with Crippen LogP contribution >= 0.6 is 0 Å². The van der Waals surface area contributed by atoms with Crippen LogP contribution in [0.15, 0.2) is 0 Å². The number of aliphatic carboxylic acids is 1. The first-order chi connectivity index (χ1) is 8.18. The van der Waals surface area contributed by atoms with E-state index in [1.807, 2.05) is 13.8 Å². The van der Waals surface area contributed by atoms with Crippen LogP contribution < -0.4 is 5.32 Å². The molecule has 0 saturated heterocycles. The van der Waals surface area contributed by atoms with E-state index in [2.05, 4.69) is 26.1 Å². The molecule has 0 aromatic carbocycles. The molecule has 0 atom stereocenters. The fourth-order valence-corrected chi connectivity index (χ4v) is 1.38. The highest BCUT2D eigenvalue weighted by Gasteiger charge is 2.21. The summed E-state index contributed by atoms with van der Waals surface area (Å²) in [5.74, 6) is -0.741. The van der Waals surface area contributed by atoms with Gasteiger partial charge in [-0.15, -0.1) is 0 Å². The van der Waals surface area contributed by atoms with Crippen molar-refractivity contribution in [3.8, 4) is 0 Å². The molecule has 18 heavy (non-hydrogen) atoms. The number of nitrogens with one attached hydrogen (secondary N) is 1. The van der Waals surface area contributed by atoms with Gasteiger partial charge in [-0.2, -0.15) is 0 Å². The third kappa shape index (κ3) is 7.14. The molecule has 0 heterocycles. The number of hydrogen-bond donors (Lipinski definition) is 2. The van der Waals surface area contributed by atoms with Crippen molar-refractivity contribution >= 4 is 12.0 Å². The van der Waals surface area contributed by atoms with E-state index in [4.69, 9.17) is 5.11 Å². The standard InChI is InChI=1S/C13H26N2O3/c1-6-13(4,5)9-14-12(18)15(7-10(2)3)8-11(16)17/h10H,6-9H2,1-5H3,(H,14,18)(H,16,17). The van der Waals surface area contributed by atoms with Crippen LogP contribution in [0.2, 0.25) is 0 Å². The number of carbonyl (C=O) groups is 2. The first-order valence-corrected chi connectivity index (χ1v) is 6.42. The zero-order valence-electron chi connectivity index (χ0n) is 12.1. The van der Waals surface area contributed by atoms with Crippen LogP contribution in [0, 0.1) is 11.3 Å². The Kier molecular flexibility index (Phi) is 6.73. The van der Waals surface area contributed by atoms with Gasteiger partial charge in [0.15, 0.2) is 0 Å². The van der Waals surface area contributed by atoms with E-state index < -0.39 is 5.97 Å². The third-order valence-corrected chi connectivity index (χ3v) is 2.87. The van der Waals surface area contributed by atoms with Gasteiger partial charge in [0.25, 0.3) is 0 Å². The molecular formula is C13H26N2O3. The maximum atomic E-state index is 11.9. The van der Waals surface area contributed by atoms with Crippen LogP contribution in [0.25, 0.3) is 0 Å². The van der Waals surface area contributed by atoms with E-state index in [1.54, 1.807) is 0 Å². The van der Waals surface area contributed by atoms with Crippen molar-refractivity contribution in [2.24, 2.45) is 11.3 Å². The van der Waals surface area contributed by atoms with Crippen molar-refractivity contribution < 1.29 is 14.7 Å². The Morgan fingerprint density at radius 3 is 2.28 bits per heavy atom. The number of rotatable bonds is 7. The fourth-order valence-electron chi connectivity index (χ4n) is 1.38. The summed E-state index contributed by atoms with van der Waals surface area (Å²) in [5, 5.41) is 11.6. The summed E-state index contributed by atoms with van der Waals surface area (Å²) in [6, 6.07) is -0.298. The Bertz CT molecular complexity index is 288. The Balaban J connectivity index is 4.42. The molecule has 106 valence electrons. The zero-order chi connectivity index (χ0) is 14.3. The number of carboxylic acid groups (broad SMARTS) is 1. The minimum absolute atomic E-state index is 0.0301. The lowest BCUT2D eigenvalue weighted by molar-refractivity contribution is -0.137.